The van der Waals surface area contributed by atoms with E-state index in [-0.39, 0.29) is 11.8 Å². The fraction of sp³-hybridized carbons (Fsp3) is 0.278. The van der Waals surface area contributed by atoms with Crippen molar-refractivity contribution in [1.29, 1.82) is 0 Å². The normalized spacial score (nSPS) is 16.0. The maximum atomic E-state index is 12.2. The summed E-state index contributed by atoms with van der Waals surface area (Å²) < 4.78 is 0. The molecule has 1 aliphatic rings. The van der Waals surface area contributed by atoms with Crippen LogP contribution in [0, 0.1) is 0 Å². The van der Waals surface area contributed by atoms with E-state index in [9.17, 15) is 4.79 Å². The summed E-state index contributed by atoms with van der Waals surface area (Å²) in [6.45, 7) is 1.25. The van der Waals surface area contributed by atoms with Crippen molar-refractivity contribution in [3.8, 4) is 0 Å². The monoisotopic (exact) mass is 280 g/mol. The Balaban J connectivity index is 1.55. The molecule has 1 aliphatic carbocycles. The quantitative estimate of drug-likeness (QED) is 0.881. The number of carbonyl (C=O) groups is 1. The minimum Gasteiger partial charge on any atom is -0.351 e. The average molecular weight is 280 g/mol. The second-order valence-corrected chi connectivity index (χ2v) is 5.53. The number of fused-ring (bicyclic) bond motifs is 1. The highest BCUT2D eigenvalue weighted by Gasteiger charge is 2.31. The molecule has 0 saturated carbocycles. The SMILES string of the molecule is NCCc1ccc(CNC(=O)C2Cc3ccccc32)cc1. The summed E-state index contributed by atoms with van der Waals surface area (Å²) >= 11 is 0. The number of benzene rings is 2. The number of hydrogen-bond donors (Lipinski definition) is 2. The van der Waals surface area contributed by atoms with Crippen LogP contribution in [0.5, 0.6) is 0 Å². The van der Waals surface area contributed by atoms with E-state index in [0.29, 0.717) is 13.1 Å². The first kappa shape index (κ1) is 13.8. The van der Waals surface area contributed by atoms with E-state index in [1.54, 1.807) is 0 Å². The molecule has 2 aromatic rings. The van der Waals surface area contributed by atoms with E-state index in [1.807, 2.05) is 18.2 Å². The van der Waals surface area contributed by atoms with Gasteiger partial charge < -0.3 is 11.1 Å². The molecule has 0 bridgehead atoms. The number of carbonyl (C=O) groups excluding carboxylic acids is 1. The minimum absolute atomic E-state index is 0.0257. The fourth-order valence-corrected chi connectivity index (χ4v) is 2.80. The molecule has 1 unspecified atom stereocenters. The van der Waals surface area contributed by atoms with Crippen LogP contribution in [0.4, 0.5) is 0 Å². The molecule has 1 atom stereocenters. The van der Waals surface area contributed by atoms with Gasteiger partial charge in [-0.25, -0.2) is 0 Å². The van der Waals surface area contributed by atoms with Gasteiger partial charge in [0.1, 0.15) is 0 Å². The molecule has 2 aromatic carbocycles. The van der Waals surface area contributed by atoms with E-state index in [1.165, 1.54) is 16.7 Å². The number of amides is 1. The van der Waals surface area contributed by atoms with Crippen LogP contribution in [0.25, 0.3) is 0 Å². The lowest BCUT2D eigenvalue weighted by atomic mass is 9.77. The molecule has 21 heavy (non-hydrogen) atoms. The van der Waals surface area contributed by atoms with Crippen molar-refractivity contribution in [3.63, 3.8) is 0 Å². The lowest BCUT2D eigenvalue weighted by Gasteiger charge is -2.28. The van der Waals surface area contributed by atoms with Crippen LogP contribution in [0.15, 0.2) is 48.5 Å². The molecule has 0 aromatic heterocycles. The van der Waals surface area contributed by atoms with E-state index in [0.717, 1.165) is 18.4 Å². The van der Waals surface area contributed by atoms with Gasteiger partial charge in [0.25, 0.3) is 0 Å². The smallest absolute Gasteiger partial charge is 0.228 e. The van der Waals surface area contributed by atoms with Gasteiger partial charge >= 0.3 is 0 Å². The van der Waals surface area contributed by atoms with Crippen molar-refractivity contribution in [1.82, 2.24) is 5.32 Å². The highest BCUT2D eigenvalue weighted by Crippen LogP contribution is 2.34. The van der Waals surface area contributed by atoms with Gasteiger partial charge in [-0.1, -0.05) is 48.5 Å². The van der Waals surface area contributed by atoms with Crippen molar-refractivity contribution < 1.29 is 4.79 Å². The van der Waals surface area contributed by atoms with Crippen molar-refractivity contribution in [2.45, 2.75) is 25.3 Å². The molecule has 0 spiro atoms. The third-order valence-electron chi connectivity index (χ3n) is 4.09. The molecular weight excluding hydrogens is 260 g/mol. The first-order chi connectivity index (χ1) is 10.3. The number of nitrogens with two attached hydrogens (primary N) is 1. The Hall–Kier alpha value is -2.13. The topological polar surface area (TPSA) is 55.1 Å². The summed E-state index contributed by atoms with van der Waals surface area (Å²) in [5.41, 5.74) is 10.4. The average Bonchev–Trinajstić information content (AvgIpc) is 2.48. The van der Waals surface area contributed by atoms with Crippen molar-refractivity contribution in [3.05, 3.63) is 70.8 Å². The zero-order chi connectivity index (χ0) is 14.7. The molecule has 3 N–H and O–H groups in total. The molecular formula is C18H20N2O. The van der Waals surface area contributed by atoms with Gasteiger partial charge in [-0.15, -0.1) is 0 Å². The van der Waals surface area contributed by atoms with Gasteiger partial charge in [-0.2, -0.15) is 0 Å². The molecule has 0 saturated heterocycles. The lowest BCUT2D eigenvalue weighted by molar-refractivity contribution is -0.123. The standard InChI is InChI=1S/C18H20N2O/c19-10-9-13-5-7-14(8-6-13)12-20-18(21)17-11-15-3-1-2-4-16(15)17/h1-8,17H,9-12,19H2,(H,20,21). The van der Waals surface area contributed by atoms with Crippen LogP contribution in [0.1, 0.15) is 28.2 Å². The maximum absolute atomic E-state index is 12.2. The molecule has 108 valence electrons. The van der Waals surface area contributed by atoms with Crippen LogP contribution in [-0.2, 0) is 24.2 Å². The molecule has 0 radical (unpaired) electrons. The van der Waals surface area contributed by atoms with E-state index >= 15 is 0 Å². The highest BCUT2D eigenvalue weighted by molar-refractivity contribution is 5.86. The Labute approximate surface area is 125 Å². The summed E-state index contributed by atoms with van der Waals surface area (Å²) in [6.07, 6.45) is 1.75. The summed E-state index contributed by atoms with van der Waals surface area (Å²) in [7, 11) is 0. The first-order valence-corrected chi connectivity index (χ1v) is 7.41. The highest BCUT2D eigenvalue weighted by atomic mass is 16.1. The number of nitrogens with one attached hydrogen (secondary N) is 1. The maximum Gasteiger partial charge on any atom is 0.228 e. The Morgan fingerprint density at radius 2 is 1.81 bits per heavy atom. The van der Waals surface area contributed by atoms with Gasteiger partial charge in [-0.3, -0.25) is 4.79 Å². The summed E-state index contributed by atoms with van der Waals surface area (Å²) in [4.78, 5) is 12.2. The van der Waals surface area contributed by atoms with Crippen molar-refractivity contribution in [2.75, 3.05) is 6.54 Å². The Morgan fingerprint density at radius 1 is 1.10 bits per heavy atom. The van der Waals surface area contributed by atoms with Gasteiger partial charge in [0.15, 0.2) is 0 Å². The predicted octanol–water partition coefficient (Wildman–Crippen LogP) is 2.14. The molecule has 0 aliphatic heterocycles. The third-order valence-corrected chi connectivity index (χ3v) is 4.09. The van der Waals surface area contributed by atoms with Crippen LogP contribution in [0.3, 0.4) is 0 Å². The molecule has 3 heteroatoms. The van der Waals surface area contributed by atoms with Crippen LogP contribution >= 0.6 is 0 Å². The third kappa shape index (κ3) is 2.98. The van der Waals surface area contributed by atoms with E-state index in [4.69, 9.17) is 5.73 Å². The molecule has 3 rings (SSSR count). The zero-order valence-electron chi connectivity index (χ0n) is 12.0. The largest absolute Gasteiger partial charge is 0.351 e. The van der Waals surface area contributed by atoms with Crippen molar-refractivity contribution >= 4 is 5.91 Å². The van der Waals surface area contributed by atoms with E-state index in [2.05, 4.69) is 35.6 Å². The Kier molecular flexibility index (Phi) is 4.02. The van der Waals surface area contributed by atoms with Crippen molar-refractivity contribution in [2.24, 2.45) is 5.73 Å². The second-order valence-electron chi connectivity index (χ2n) is 5.53. The summed E-state index contributed by atoms with van der Waals surface area (Å²) in [6, 6.07) is 16.4. The molecule has 0 fully saturated rings. The Morgan fingerprint density at radius 3 is 2.52 bits per heavy atom. The summed E-state index contributed by atoms with van der Waals surface area (Å²) in [5, 5.41) is 3.03. The van der Waals surface area contributed by atoms with Crippen LogP contribution in [-0.4, -0.2) is 12.5 Å². The van der Waals surface area contributed by atoms with Gasteiger partial charge in [0.05, 0.1) is 5.92 Å². The second kappa shape index (κ2) is 6.10. The Bertz CT molecular complexity index is 634. The summed E-state index contributed by atoms with van der Waals surface area (Å²) in [5.74, 6) is 0.150. The van der Waals surface area contributed by atoms with Crippen LogP contribution < -0.4 is 11.1 Å². The minimum atomic E-state index is 0.0257. The molecule has 1 amide bonds. The lowest BCUT2D eigenvalue weighted by Crippen LogP contribution is -2.35. The van der Waals surface area contributed by atoms with Gasteiger partial charge in [0, 0.05) is 6.54 Å². The van der Waals surface area contributed by atoms with E-state index < -0.39 is 0 Å². The van der Waals surface area contributed by atoms with Gasteiger partial charge in [-0.05, 0) is 41.6 Å². The number of hydrogen-bond acceptors (Lipinski definition) is 2. The molecule has 3 nitrogen and oxygen atoms in total. The molecule has 0 heterocycles. The first-order valence-electron chi connectivity index (χ1n) is 7.41. The van der Waals surface area contributed by atoms with Gasteiger partial charge in [0.2, 0.25) is 5.91 Å². The number of rotatable bonds is 5. The van der Waals surface area contributed by atoms with Crippen LogP contribution in [0.2, 0.25) is 0 Å². The predicted molar refractivity (Wildman–Crippen MR) is 83.9 cm³/mol. The zero-order valence-corrected chi connectivity index (χ0v) is 12.0. The fourth-order valence-electron chi connectivity index (χ4n) is 2.80.